The third kappa shape index (κ3) is 6.18. The van der Waals surface area contributed by atoms with E-state index in [9.17, 15) is 9.59 Å². The number of hydrogen-bond donors (Lipinski definition) is 1. The van der Waals surface area contributed by atoms with E-state index in [1.54, 1.807) is 24.3 Å². The quantitative estimate of drug-likeness (QED) is 0.175. The summed E-state index contributed by atoms with van der Waals surface area (Å²) in [6, 6.07) is 33.7. The van der Waals surface area contributed by atoms with Gasteiger partial charge in [-0.1, -0.05) is 91.0 Å². The summed E-state index contributed by atoms with van der Waals surface area (Å²) in [5.41, 5.74) is 12.7. The number of benzene rings is 4. The fourth-order valence-corrected chi connectivity index (χ4v) is 4.55. The Balaban J connectivity index is 0.00000336. The number of aliphatic imine (C=N–C) groups is 1. The van der Waals surface area contributed by atoms with E-state index in [2.05, 4.69) is 41.4 Å². The lowest BCUT2D eigenvalue weighted by atomic mass is 10.0. The van der Waals surface area contributed by atoms with Gasteiger partial charge in [-0.05, 0) is 53.6 Å². The number of hydrogen-bond acceptors (Lipinski definition) is 3. The molecule has 2 amide bonds. The first-order valence-electron chi connectivity index (χ1n) is 12.5. The van der Waals surface area contributed by atoms with E-state index in [0.29, 0.717) is 23.5 Å². The highest BCUT2D eigenvalue weighted by atomic mass is 35.5. The van der Waals surface area contributed by atoms with E-state index in [-0.39, 0.29) is 30.8 Å². The number of aryl methyl sites for hydroxylation is 2. The summed E-state index contributed by atoms with van der Waals surface area (Å²) in [6.07, 6.45) is 2.67. The zero-order valence-corrected chi connectivity index (χ0v) is 21.9. The number of carbonyl (C=O) groups excluding carboxylic acids is 2. The highest BCUT2D eigenvalue weighted by Crippen LogP contribution is 2.24. The molecule has 0 saturated heterocycles. The van der Waals surface area contributed by atoms with Crippen molar-refractivity contribution in [1.29, 1.82) is 0 Å². The maximum atomic E-state index is 12.6. The molecule has 0 fully saturated rings. The second kappa shape index (κ2) is 12.3. The molecule has 0 aromatic heterocycles. The minimum absolute atomic E-state index is 0. The van der Waals surface area contributed by atoms with Gasteiger partial charge in [0.25, 0.3) is 11.8 Å². The minimum atomic E-state index is -0.227. The molecular formula is C32H30ClN3O2. The molecule has 192 valence electrons. The third-order valence-electron chi connectivity index (χ3n) is 6.72. The molecule has 2 N–H and O–H groups in total. The predicted molar refractivity (Wildman–Crippen MR) is 154 cm³/mol. The molecule has 1 aliphatic rings. The van der Waals surface area contributed by atoms with E-state index in [1.807, 2.05) is 42.5 Å². The summed E-state index contributed by atoms with van der Waals surface area (Å²) in [5, 5.41) is 0. The fourth-order valence-electron chi connectivity index (χ4n) is 4.55. The molecule has 38 heavy (non-hydrogen) atoms. The van der Waals surface area contributed by atoms with Gasteiger partial charge in [0.15, 0.2) is 0 Å². The van der Waals surface area contributed by atoms with E-state index in [0.717, 1.165) is 30.4 Å². The van der Waals surface area contributed by atoms with Crippen molar-refractivity contribution in [3.05, 3.63) is 142 Å². The van der Waals surface area contributed by atoms with Crippen molar-refractivity contribution in [3.63, 3.8) is 0 Å². The fraction of sp³-hybridized carbons (Fsp3) is 0.156. The molecule has 5 nitrogen and oxygen atoms in total. The summed E-state index contributed by atoms with van der Waals surface area (Å²) in [7, 11) is 0. The highest BCUT2D eigenvalue weighted by Gasteiger charge is 2.34. The van der Waals surface area contributed by atoms with Crippen LogP contribution in [-0.4, -0.2) is 29.1 Å². The van der Waals surface area contributed by atoms with Crippen molar-refractivity contribution in [2.45, 2.75) is 25.8 Å². The first kappa shape index (κ1) is 26.8. The van der Waals surface area contributed by atoms with Crippen molar-refractivity contribution >= 4 is 30.1 Å². The van der Waals surface area contributed by atoms with Crippen molar-refractivity contribution in [2.24, 2.45) is 10.7 Å². The first-order chi connectivity index (χ1) is 18.1. The van der Waals surface area contributed by atoms with Crippen LogP contribution < -0.4 is 5.73 Å². The normalized spacial score (nSPS) is 12.8. The van der Waals surface area contributed by atoms with Crippen LogP contribution in [0.25, 0.3) is 0 Å². The van der Waals surface area contributed by atoms with Gasteiger partial charge >= 0.3 is 0 Å². The van der Waals surface area contributed by atoms with Crippen LogP contribution in [0.15, 0.2) is 108 Å². The number of carbonyl (C=O) groups is 2. The van der Waals surface area contributed by atoms with Crippen molar-refractivity contribution < 1.29 is 9.59 Å². The third-order valence-corrected chi connectivity index (χ3v) is 6.72. The van der Waals surface area contributed by atoms with E-state index < -0.39 is 0 Å². The van der Waals surface area contributed by atoms with Gasteiger partial charge in [-0.15, -0.1) is 12.4 Å². The van der Waals surface area contributed by atoms with E-state index in [4.69, 9.17) is 5.73 Å². The molecule has 0 bridgehead atoms. The number of imide groups is 1. The summed E-state index contributed by atoms with van der Waals surface area (Å²) < 4.78 is 0. The van der Waals surface area contributed by atoms with Gasteiger partial charge in [0.1, 0.15) is 5.84 Å². The Morgan fingerprint density at radius 1 is 0.605 bits per heavy atom. The van der Waals surface area contributed by atoms with Crippen molar-refractivity contribution in [2.75, 3.05) is 6.54 Å². The average Bonchev–Trinajstić information content (AvgIpc) is 3.18. The molecule has 1 aliphatic heterocycles. The Bertz CT molecular complexity index is 1400. The van der Waals surface area contributed by atoms with Gasteiger partial charge in [0.2, 0.25) is 0 Å². The molecule has 0 spiro atoms. The smallest absolute Gasteiger partial charge is 0.261 e. The number of fused-ring (bicyclic) bond motifs is 1. The lowest BCUT2D eigenvalue weighted by molar-refractivity contribution is 0.0642. The van der Waals surface area contributed by atoms with Gasteiger partial charge in [0.05, 0.1) is 17.7 Å². The van der Waals surface area contributed by atoms with Crippen LogP contribution in [0.3, 0.4) is 0 Å². The summed E-state index contributed by atoms with van der Waals surface area (Å²) >= 11 is 0. The lowest BCUT2D eigenvalue weighted by Crippen LogP contribution is -2.29. The van der Waals surface area contributed by atoms with Gasteiger partial charge < -0.3 is 5.73 Å². The van der Waals surface area contributed by atoms with Crippen LogP contribution >= 0.6 is 12.4 Å². The topological polar surface area (TPSA) is 75.8 Å². The van der Waals surface area contributed by atoms with Crippen LogP contribution in [-0.2, 0) is 25.8 Å². The Morgan fingerprint density at radius 2 is 1.08 bits per heavy atom. The first-order valence-corrected chi connectivity index (χ1v) is 12.5. The number of amidine groups is 1. The van der Waals surface area contributed by atoms with Crippen LogP contribution in [0.4, 0.5) is 0 Å². The lowest BCUT2D eigenvalue weighted by Gasteiger charge is -2.14. The standard InChI is InChI=1S/C32H29N3O2.ClH/c33-30(34-21-20-23-6-2-1-3-7-23)27-18-16-25(17-19-27)11-10-24-12-14-26(15-13-24)22-35-31(36)28-8-4-5-9-29(28)32(35)37;/h1-9,12-19H,10-11,20-22H2,(H2,33,34);1H. The van der Waals surface area contributed by atoms with Crippen LogP contribution in [0.2, 0.25) is 0 Å². The number of nitrogens with two attached hydrogens (primary N) is 1. The Kier molecular flexibility index (Phi) is 8.72. The van der Waals surface area contributed by atoms with Crippen molar-refractivity contribution in [3.8, 4) is 0 Å². The molecule has 0 atom stereocenters. The zero-order chi connectivity index (χ0) is 25.6. The molecule has 0 aliphatic carbocycles. The molecule has 0 radical (unpaired) electrons. The molecular weight excluding hydrogens is 494 g/mol. The Morgan fingerprint density at radius 3 is 1.66 bits per heavy atom. The molecule has 0 saturated carbocycles. The highest BCUT2D eigenvalue weighted by molar-refractivity contribution is 6.21. The number of rotatable bonds is 9. The average molecular weight is 524 g/mol. The molecule has 4 aromatic carbocycles. The minimum Gasteiger partial charge on any atom is -0.384 e. The molecule has 5 rings (SSSR count). The Hall–Kier alpha value is -4.22. The van der Waals surface area contributed by atoms with Gasteiger partial charge in [-0.3, -0.25) is 19.5 Å². The van der Waals surface area contributed by atoms with Gasteiger partial charge in [-0.2, -0.15) is 0 Å². The molecule has 0 unspecified atom stereocenters. The summed E-state index contributed by atoms with van der Waals surface area (Å²) in [6.45, 7) is 0.947. The van der Waals surface area contributed by atoms with Crippen LogP contribution in [0, 0.1) is 0 Å². The summed E-state index contributed by atoms with van der Waals surface area (Å²) in [5.74, 6) is 0.112. The molecule has 1 heterocycles. The predicted octanol–water partition coefficient (Wildman–Crippen LogP) is 5.64. The van der Waals surface area contributed by atoms with E-state index in [1.165, 1.54) is 21.6 Å². The number of amides is 2. The maximum absolute atomic E-state index is 12.6. The van der Waals surface area contributed by atoms with Gasteiger partial charge in [0, 0.05) is 12.1 Å². The van der Waals surface area contributed by atoms with Crippen LogP contribution in [0.1, 0.15) is 48.5 Å². The number of nitrogens with zero attached hydrogens (tertiary/aromatic N) is 2. The molecule has 6 heteroatoms. The van der Waals surface area contributed by atoms with Crippen LogP contribution in [0.5, 0.6) is 0 Å². The maximum Gasteiger partial charge on any atom is 0.261 e. The SMILES string of the molecule is Cl.NC(=NCCc1ccccc1)c1ccc(CCc2ccc(CN3C(=O)c4ccccc4C3=O)cc2)cc1. The monoisotopic (exact) mass is 523 g/mol. The zero-order valence-electron chi connectivity index (χ0n) is 21.0. The van der Waals surface area contributed by atoms with Gasteiger partial charge in [-0.25, -0.2) is 0 Å². The number of halogens is 1. The Labute approximate surface area is 229 Å². The summed E-state index contributed by atoms with van der Waals surface area (Å²) in [4.78, 5) is 31.1. The second-order valence-corrected chi connectivity index (χ2v) is 9.26. The van der Waals surface area contributed by atoms with Crippen molar-refractivity contribution in [1.82, 2.24) is 4.90 Å². The molecule has 4 aromatic rings. The largest absolute Gasteiger partial charge is 0.384 e. The van der Waals surface area contributed by atoms with E-state index >= 15 is 0 Å². The second-order valence-electron chi connectivity index (χ2n) is 9.26.